The molecule has 0 aromatic heterocycles. The first-order chi connectivity index (χ1) is 12.5. The normalized spacial score (nSPS) is 31.5. The zero-order valence-corrected chi connectivity index (χ0v) is 16.6. The van der Waals surface area contributed by atoms with E-state index in [-0.39, 0.29) is 10.8 Å². The van der Waals surface area contributed by atoms with Gasteiger partial charge in [0.05, 0.1) is 10.6 Å². The number of hydrogen-bond donors (Lipinski definition) is 0. The molecule has 0 saturated heterocycles. The van der Waals surface area contributed by atoms with Crippen LogP contribution in [-0.4, -0.2) is 14.2 Å². The van der Waals surface area contributed by atoms with Gasteiger partial charge in [-0.25, -0.2) is 8.42 Å². The molecular formula is C23H28O2S. The van der Waals surface area contributed by atoms with Crippen LogP contribution in [0.2, 0.25) is 0 Å². The molecule has 0 bridgehead atoms. The van der Waals surface area contributed by atoms with Gasteiger partial charge in [0.15, 0.2) is 9.84 Å². The van der Waals surface area contributed by atoms with Gasteiger partial charge in [-0.3, -0.25) is 0 Å². The zero-order chi connectivity index (χ0) is 18.4. The Kier molecular flexibility index (Phi) is 4.26. The topological polar surface area (TPSA) is 34.1 Å². The average Bonchev–Trinajstić information content (AvgIpc) is 3.43. The highest BCUT2D eigenvalue weighted by Gasteiger charge is 2.67. The van der Waals surface area contributed by atoms with E-state index in [1.54, 1.807) is 0 Å². The fraction of sp³-hybridized carbons (Fsp3) is 0.478. The molecule has 2 aliphatic rings. The molecule has 3 atom stereocenters. The highest BCUT2D eigenvalue weighted by atomic mass is 32.2. The van der Waals surface area contributed by atoms with Crippen molar-refractivity contribution in [2.24, 2.45) is 11.3 Å². The second kappa shape index (κ2) is 6.23. The summed E-state index contributed by atoms with van der Waals surface area (Å²) in [5.41, 5.74) is 2.06. The third kappa shape index (κ3) is 2.47. The van der Waals surface area contributed by atoms with Crippen molar-refractivity contribution in [3.63, 3.8) is 0 Å². The van der Waals surface area contributed by atoms with Crippen LogP contribution in [0.25, 0.3) is 0 Å². The van der Waals surface area contributed by atoms with E-state index in [1.165, 1.54) is 5.56 Å². The van der Waals surface area contributed by atoms with E-state index in [2.05, 4.69) is 44.2 Å². The van der Waals surface area contributed by atoms with Crippen molar-refractivity contribution >= 4 is 9.84 Å². The van der Waals surface area contributed by atoms with Crippen LogP contribution < -0.4 is 0 Å². The van der Waals surface area contributed by atoms with Gasteiger partial charge in [-0.2, -0.15) is 0 Å². The summed E-state index contributed by atoms with van der Waals surface area (Å²) in [4.78, 5) is 0.568. The zero-order valence-electron chi connectivity index (χ0n) is 15.7. The molecule has 1 heterocycles. The number of rotatable bonds is 5. The Labute approximate surface area is 157 Å². The Morgan fingerprint density at radius 1 is 1.00 bits per heavy atom. The van der Waals surface area contributed by atoms with Gasteiger partial charge in [-0.15, -0.1) is 0 Å². The van der Waals surface area contributed by atoms with Crippen LogP contribution in [0.3, 0.4) is 0 Å². The Balaban J connectivity index is 1.96. The summed E-state index contributed by atoms with van der Waals surface area (Å²) < 4.78 is 26.7. The second-order valence-electron chi connectivity index (χ2n) is 8.17. The summed E-state index contributed by atoms with van der Waals surface area (Å²) in [6.45, 7) is 4.38. The largest absolute Gasteiger partial charge is 0.224 e. The minimum absolute atomic E-state index is 0.121. The lowest BCUT2D eigenvalue weighted by molar-refractivity contribution is 0.222. The SMILES string of the molecule is CCCC[C@]1(CC)CS(=O)(=O)c2ccccc2[C@]2(c3ccccc3)C[C@H]12. The molecule has 138 valence electrons. The van der Waals surface area contributed by atoms with Crippen LogP contribution in [0.15, 0.2) is 59.5 Å². The van der Waals surface area contributed by atoms with Crippen LogP contribution in [0.4, 0.5) is 0 Å². The lowest BCUT2D eigenvalue weighted by atomic mass is 9.71. The maximum atomic E-state index is 13.4. The summed E-state index contributed by atoms with van der Waals surface area (Å²) in [6.07, 6.45) is 5.22. The number of fused-ring (bicyclic) bond motifs is 3. The molecule has 0 radical (unpaired) electrons. The molecule has 26 heavy (non-hydrogen) atoms. The molecule has 1 saturated carbocycles. The molecule has 0 N–H and O–H groups in total. The first kappa shape index (κ1) is 17.8. The van der Waals surface area contributed by atoms with Gasteiger partial charge >= 0.3 is 0 Å². The summed E-state index contributed by atoms with van der Waals surface area (Å²) in [7, 11) is -3.28. The maximum Gasteiger partial charge on any atom is 0.179 e. The summed E-state index contributed by atoms with van der Waals surface area (Å²) in [5.74, 6) is 0.708. The smallest absolute Gasteiger partial charge is 0.179 e. The minimum Gasteiger partial charge on any atom is -0.224 e. The molecule has 4 rings (SSSR count). The number of unbranched alkanes of at least 4 members (excludes halogenated alkanes) is 1. The van der Waals surface area contributed by atoms with Crippen LogP contribution in [-0.2, 0) is 15.3 Å². The predicted molar refractivity (Wildman–Crippen MR) is 106 cm³/mol. The molecule has 2 aromatic rings. The third-order valence-electron chi connectivity index (χ3n) is 6.90. The van der Waals surface area contributed by atoms with E-state index in [4.69, 9.17) is 0 Å². The average molecular weight is 369 g/mol. The van der Waals surface area contributed by atoms with Crippen molar-refractivity contribution < 1.29 is 8.42 Å². The minimum atomic E-state index is -3.28. The van der Waals surface area contributed by atoms with Crippen LogP contribution >= 0.6 is 0 Å². The van der Waals surface area contributed by atoms with E-state index in [0.29, 0.717) is 16.6 Å². The second-order valence-corrected chi connectivity index (χ2v) is 10.1. The molecule has 2 aromatic carbocycles. The monoisotopic (exact) mass is 368 g/mol. The summed E-state index contributed by atoms with van der Waals surface area (Å²) in [5, 5.41) is 0. The van der Waals surface area contributed by atoms with Gasteiger partial charge in [0, 0.05) is 5.41 Å². The van der Waals surface area contributed by atoms with E-state index >= 15 is 0 Å². The van der Waals surface area contributed by atoms with Gasteiger partial charge in [-0.05, 0) is 47.8 Å². The molecular weight excluding hydrogens is 340 g/mol. The molecule has 0 spiro atoms. The highest BCUT2D eigenvalue weighted by Crippen LogP contribution is 2.70. The first-order valence-corrected chi connectivity index (χ1v) is 11.5. The Morgan fingerprint density at radius 2 is 1.69 bits per heavy atom. The van der Waals surface area contributed by atoms with Crippen molar-refractivity contribution in [1.82, 2.24) is 0 Å². The van der Waals surface area contributed by atoms with Crippen molar-refractivity contribution in [2.75, 3.05) is 5.75 Å². The molecule has 2 nitrogen and oxygen atoms in total. The fourth-order valence-corrected chi connectivity index (χ4v) is 7.81. The van der Waals surface area contributed by atoms with Crippen molar-refractivity contribution in [3.05, 3.63) is 65.7 Å². The third-order valence-corrected chi connectivity index (χ3v) is 8.88. The fourth-order valence-electron chi connectivity index (χ4n) is 5.47. The number of sulfone groups is 1. The molecule has 1 fully saturated rings. The Hall–Kier alpha value is -1.61. The van der Waals surface area contributed by atoms with Gasteiger partial charge in [0.25, 0.3) is 0 Å². The first-order valence-electron chi connectivity index (χ1n) is 9.88. The van der Waals surface area contributed by atoms with Crippen LogP contribution in [0.5, 0.6) is 0 Å². The lowest BCUT2D eigenvalue weighted by Gasteiger charge is -2.34. The van der Waals surface area contributed by atoms with E-state index < -0.39 is 9.84 Å². The standard InChI is InChI=1S/C23H28O2S/c1-3-5-15-22(4-2)17-26(24,25)20-14-10-9-13-19(20)23(16-21(22)23)18-11-7-6-8-12-18/h6-14,21H,3-5,15-17H2,1-2H3/t21-,22-,23-/m1/s1. The van der Waals surface area contributed by atoms with Gasteiger partial charge < -0.3 is 0 Å². The van der Waals surface area contributed by atoms with Gasteiger partial charge in [0.1, 0.15) is 0 Å². The quantitative estimate of drug-likeness (QED) is 0.711. The van der Waals surface area contributed by atoms with Crippen molar-refractivity contribution in [1.29, 1.82) is 0 Å². The molecule has 0 unspecified atom stereocenters. The van der Waals surface area contributed by atoms with Crippen LogP contribution in [0, 0.1) is 11.3 Å². The lowest BCUT2D eigenvalue weighted by Crippen LogP contribution is -2.33. The number of benzene rings is 2. The van der Waals surface area contributed by atoms with Gasteiger partial charge in [0.2, 0.25) is 0 Å². The molecule has 0 amide bonds. The molecule has 3 heteroatoms. The van der Waals surface area contributed by atoms with Gasteiger partial charge in [-0.1, -0.05) is 75.2 Å². The Morgan fingerprint density at radius 3 is 2.38 bits per heavy atom. The van der Waals surface area contributed by atoms with E-state index in [0.717, 1.165) is 37.7 Å². The Bertz CT molecular complexity index is 903. The predicted octanol–water partition coefficient (Wildman–Crippen LogP) is 5.37. The molecule has 1 aliphatic heterocycles. The summed E-state index contributed by atoms with van der Waals surface area (Å²) in [6, 6.07) is 18.4. The highest BCUT2D eigenvalue weighted by molar-refractivity contribution is 7.91. The maximum absolute atomic E-state index is 13.4. The molecule has 1 aliphatic carbocycles. The van der Waals surface area contributed by atoms with E-state index in [1.807, 2.05) is 24.3 Å². The van der Waals surface area contributed by atoms with Crippen molar-refractivity contribution in [3.8, 4) is 0 Å². The number of hydrogen-bond acceptors (Lipinski definition) is 2. The van der Waals surface area contributed by atoms with Crippen LogP contribution in [0.1, 0.15) is 57.1 Å². The van der Waals surface area contributed by atoms with E-state index in [9.17, 15) is 8.42 Å². The van der Waals surface area contributed by atoms with Crippen molar-refractivity contribution in [2.45, 2.75) is 56.3 Å². The summed E-state index contributed by atoms with van der Waals surface area (Å²) >= 11 is 0.